The van der Waals surface area contributed by atoms with Gasteiger partial charge in [-0.1, -0.05) is 49.5 Å². The van der Waals surface area contributed by atoms with Crippen molar-refractivity contribution in [1.29, 1.82) is 0 Å². The van der Waals surface area contributed by atoms with E-state index >= 15 is 0 Å². The zero-order valence-corrected chi connectivity index (χ0v) is 37.1. The second-order valence-electron chi connectivity index (χ2n) is 15.3. The van der Waals surface area contributed by atoms with Crippen LogP contribution in [0, 0.1) is 0 Å². The second kappa shape index (κ2) is 25.9. The van der Waals surface area contributed by atoms with E-state index in [1.54, 1.807) is 36.0 Å². The number of hydrogen-bond acceptors (Lipinski definition) is 11. The number of benzene rings is 1. The fraction of sp³-hybridized carbons (Fsp3) is 0.634. The standard InChI is InChI=1S/C41H63N9O8S2/c1-26(43-36(52)16-12-22-50-34(33(24-59-5)47-48-50)25-60-31-14-9-7-6-8-10-15-31)38(54)44-27(2)39(55)46-32(23-35(42)51)40(56)45-30-20-18-29(19-21-30)13-11-17-37(53)49(4)28(3)41(57)58/h18-21,26-28,31-32H,6-17,22-25H2,1-5H3,(H2,42,51)(H,43,52)(H,44,54)(H,45,56)(H,46,55)(H,57,58)/t26-,27-,28-,32-/m0/s1. The van der Waals surface area contributed by atoms with Gasteiger partial charge in [-0.3, -0.25) is 28.8 Å². The van der Waals surface area contributed by atoms with E-state index in [-0.39, 0.29) is 24.7 Å². The predicted molar refractivity (Wildman–Crippen MR) is 233 cm³/mol. The highest BCUT2D eigenvalue weighted by molar-refractivity contribution is 7.99. The van der Waals surface area contributed by atoms with Crippen LogP contribution in [0.4, 0.5) is 5.69 Å². The third-order valence-electron chi connectivity index (χ3n) is 10.5. The van der Waals surface area contributed by atoms with E-state index in [1.807, 2.05) is 22.7 Å². The molecule has 1 fully saturated rings. The molecule has 1 aliphatic rings. The van der Waals surface area contributed by atoms with Gasteiger partial charge in [-0.2, -0.15) is 23.5 Å². The number of hydrogen-bond donors (Lipinski definition) is 6. The number of aryl methyl sites for hydroxylation is 2. The number of aliphatic carboxylic acids is 1. The van der Waals surface area contributed by atoms with Crippen LogP contribution < -0.4 is 27.0 Å². The van der Waals surface area contributed by atoms with Gasteiger partial charge in [0, 0.05) is 48.9 Å². The Bertz CT molecular complexity index is 1750. The topological polar surface area (TPSA) is 248 Å². The number of primary amides is 1. The molecule has 0 spiro atoms. The quantitative estimate of drug-likeness (QED) is 0.0887. The molecule has 0 unspecified atom stereocenters. The summed E-state index contributed by atoms with van der Waals surface area (Å²) in [5, 5.41) is 28.9. The molecule has 60 heavy (non-hydrogen) atoms. The first-order valence-electron chi connectivity index (χ1n) is 20.7. The van der Waals surface area contributed by atoms with Crippen molar-refractivity contribution >= 4 is 70.6 Å². The van der Waals surface area contributed by atoms with Crippen LogP contribution in [0.25, 0.3) is 0 Å². The Balaban J connectivity index is 1.44. The lowest BCUT2D eigenvalue weighted by atomic mass is 10.0. The number of rotatable bonds is 24. The molecule has 4 atom stereocenters. The van der Waals surface area contributed by atoms with E-state index < -0.39 is 60.2 Å². The number of anilines is 1. The van der Waals surface area contributed by atoms with Crippen LogP contribution in [0.3, 0.4) is 0 Å². The number of likely N-dealkylation sites (N-methyl/N-ethyl adjacent to an activating group) is 1. The first-order chi connectivity index (χ1) is 28.6. The molecule has 0 aliphatic heterocycles. The Morgan fingerprint density at radius 3 is 2.13 bits per heavy atom. The smallest absolute Gasteiger partial charge is 0.326 e. The van der Waals surface area contributed by atoms with Crippen molar-refractivity contribution in [2.75, 3.05) is 18.6 Å². The van der Waals surface area contributed by atoms with Crippen LogP contribution in [-0.4, -0.2) is 109 Å². The minimum Gasteiger partial charge on any atom is -0.480 e. The van der Waals surface area contributed by atoms with Gasteiger partial charge in [0.1, 0.15) is 24.2 Å². The number of carboxylic acids is 1. The van der Waals surface area contributed by atoms with E-state index in [9.17, 15) is 33.6 Å². The van der Waals surface area contributed by atoms with Crippen LogP contribution in [0.15, 0.2) is 24.3 Å². The Morgan fingerprint density at radius 2 is 1.50 bits per heavy atom. The molecule has 7 N–H and O–H groups in total. The lowest BCUT2D eigenvalue weighted by molar-refractivity contribution is -0.148. The average molecular weight is 874 g/mol. The number of carboxylic acid groups (broad SMARTS) is 1. The Kier molecular flexibility index (Phi) is 21.4. The van der Waals surface area contributed by atoms with Crippen LogP contribution in [0.1, 0.15) is 115 Å². The molecule has 1 aromatic heterocycles. The molecular formula is C41H63N9O8S2. The summed E-state index contributed by atoms with van der Waals surface area (Å²) in [6.07, 6.45) is 12.3. The highest BCUT2D eigenvalue weighted by Crippen LogP contribution is 2.30. The van der Waals surface area contributed by atoms with Crippen LogP contribution in [0.2, 0.25) is 0 Å². The summed E-state index contributed by atoms with van der Waals surface area (Å²) >= 11 is 3.68. The third-order valence-corrected chi connectivity index (χ3v) is 12.4. The van der Waals surface area contributed by atoms with Crippen LogP contribution >= 0.6 is 23.5 Å². The molecule has 6 amide bonds. The summed E-state index contributed by atoms with van der Waals surface area (Å²) in [7, 11) is 1.45. The second-order valence-corrected chi connectivity index (χ2v) is 17.5. The molecule has 17 nitrogen and oxygen atoms in total. The van der Waals surface area contributed by atoms with Crippen molar-refractivity contribution < 1.29 is 38.7 Å². The van der Waals surface area contributed by atoms with Gasteiger partial charge in [-0.25, -0.2) is 9.48 Å². The highest BCUT2D eigenvalue weighted by atomic mass is 32.2. The number of carbonyl (C=O) groups excluding carboxylic acids is 6. The molecule has 19 heteroatoms. The van der Waals surface area contributed by atoms with Gasteiger partial charge in [0.2, 0.25) is 35.4 Å². The fourth-order valence-corrected chi connectivity index (χ4v) is 8.48. The van der Waals surface area contributed by atoms with Crippen molar-refractivity contribution in [2.45, 2.75) is 152 Å². The van der Waals surface area contributed by atoms with Crippen molar-refractivity contribution in [2.24, 2.45) is 5.73 Å². The van der Waals surface area contributed by atoms with Gasteiger partial charge in [-0.05, 0) is 76.8 Å². The van der Waals surface area contributed by atoms with Gasteiger partial charge >= 0.3 is 5.97 Å². The number of carbonyl (C=O) groups is 7. The molecule has 3 rings (SSSR count). The van der Waals surface area contributed by atoms with Crippen LogP contribution in [0.5, 0.6) is 0 Å². The van der Waals surface area contributed by atoms with E-state index in [4.69, 9.17) is 10.8 Å². The monoisotopic (exact) mass is 873 g/mol. The number of nitrogens with two attached hydrogens (primary N) is 1. The van der Waals surface area contributed by atoms with E-state index in [1.165, 1.54) is 77.7 Å². The molecule has 1 saturated carbocycles. The molecule has 332 valence electrons. The maximum Gasteiger partial charge on any atom is 0.326 e. The Morgan fingerprint density at radius 1 is 0.867 bits per heavy atom. The molecule has 1 aromatic carbocycles. The van der Waals surface area contributed by atoms with Crippen LogP contribution in [-0.2, 0) is 58.0 Å². The number of nitrogens with one attached hydrogen (secondary N) is 4. The summed E-state index contributed by atoms with van der Waals surface area (Å²) in [4.78, 5) is 88.4. The predicted octanol–water partition coefficient (Wildman–Crippen LogP) is 3.53. The Hall–Kier alpha value is -4.65. The number of amides is 6. The van der Waals surface area contributed by atoms with E-state index in [0.29, 0.717) is 36.7 Å². The summed E-state index contributed by atoms with van der Waals surface area (Å²) in [5.74, 6) is -2.99. The summed E-state index contributed by atoms with van der Waals surface area (Å²) < 4.78 is 1.90. The molecule has 1 aliphatic carbocycles. The van der Waals surface area contributed by atoms with Gasteiger partial charge in [0.25, 0.3) is 0 Å². The number of thioether (sulfide) groups is 2. The molecule has 0 radical (unpaired) electrons. The number of aromatic nitrogens is 3. The van der Waals surface area contributed by atoms with Crippen molar-refractivity contribution in [3.05, 3.63) is 41.2 Å². The normalized spacial score (nSPS) is 15.3. The van der Waals surface area contributed by atoms with Crippen molar-refractivity contribution in [1.82, 2.24) is 35.8 Å². The van der Waals surface area contributed by atoms with Gasteiger partial charge in [0.05, 0.1) is 17.8 Å². The largest absolute Gasteiger partial charge is 0.480 e. The summed E-state index contributed by atoms with van der Waals surface area (Å²) in [6.45, 7) is 4.87. The molecular weight excluding hydrogens is 811 g/mol. The highest BCUT2D eigenvalue weighted by Gasteiger charge is 2.28. The van der Waals surface area contributed by atoms with Gasteiger partial charge in [-0.15, -0.1) is 5.10 Å². The SMILES string of the molecule is CSCc1nnn(CCCC(=O)N[C@@H](C)C(=O)N[C@@H](C)C(=O)N[C@@H](CC(N)=O)C(=O)Nc2ccc(CCCC(=O)N(C)[C@@H](C)C(=O)O)cc2)c1CSC1CCCCCCC1. The lowest BCUT2D eigenvalue weighted by Crippen LogP contribution is -2.55. The zero-order valence-electron chi connectivity index (χ0n) is 35.5. The summed E-state index contributed by atoms with van der Waals surface area (Å²) in [5.41, 5.74) is 8.70. The average Bonchev–Trinajstić information content (AvgIpc) is 3.57. The van der Waals surface area contributed by atoms with Gasteiger partial charge < -0.3 is 37.0 Å². The maximum atomic E-state index is 13.1. The van der Waals surface area contributed by atoms with Gasteiger partial charge in [0.15, 0.2) is 0 Å². The zero-order chi connectivity index (χ0) is 44.2. The number of nitrogens with zero attached hydrogens (tertiary/aromatic N) is 4. The fourth-order valence-electron chi connectivity index (χ4n) is 6.60. The van der Waals surface area contributed by atoms with Crippen molar-refractivity contribution in [3.63, 3.8) is 0 Å². The van der Waals surface area contributed by atoms with E-state index in [2.05, 4.69) is 31.6 Å². The first-order valence-corrected chi connectivity index (χ1v) is 23.1. The van der Waals surface area contributed by atoms with E-state index in [0.717, 1.165) is 28.5 Å². The molecule has 1 heterocycles. The molecule has 2 aromatic rings. The Labute approximate surface area is 361 Å². The van der Waals surface area contributed by atoms with Crippen molar-refractivity contribution in [3.8, 4) is 0 Å². The third kappa shape index (κ3) is 17.1. The maximum absolute atomic E-state index is 13.1. The summed E-state index contributed by atoms with van der Waals surface area (Å²) in [6, 6.07) is 2.40. The minimum absolute atomic E-state index is 0.154. The lowest BCUT2D eigenvalue weighted by Gasteiger charge is -2.22. The molecule has 0 bridgehead atoms. The minimum atomic E-state index is -1.34. The first kappa shape index (κ1) is 49.7. The molecule has 0 saturated heterocycles.